The van der Waals surface area contributed by atoms with Crippen LogP contribution in [0.4, 0.5) is 5.13 Å². The van der Waals surface area contributed by atoms with Crippen molar-refractivity contribution < 1.29 is 4.74 Å². The molecular weight excluding hydrogens is 384 g/mol. The Kier molecular flexibility index (Phi) is 5.24. The Morgan fingerprint density at radius 2 is 1.92 bits per heavy atom. The van der Waals surface area contributed by atoms with E-state index in [9.17, 15) is 0 Å². The summed E-state index contributed by atoms with van der Waals surface area (Å²) in [4.78, 5) is 9.04. The summed E-state index contributed by atoms with van der Waals surface area (Å²) >= 11 is 4.86. The summed E-state index contributed by atoms with van der Waals surface area (Å²) < 4.78 is 7.56. The molecule has 26 heavy (non-hydrogen) atoms. The van der Waals surface area contributed by atoms with Crippen molar-refractivity contribution in [3.05, 3.63) is 59.1 Å². The van der Waals surface area contributed by atoms with E-state index < -0.39 is 0 Å². The Morgan fingerprint density at radius 1 is 1.08 bits per heavy atom. The number of rotatable bonds is 6. The first-order chi connectivity index (χ1) is 12.8. The summed E-state index contributed by atoms with van der Waals surface area (Å²) in [5, 5.41) is 9.93. The van der Waals surface area contributed by atoms with E-state index in [0.717, 1.165) is 31.9 Å². The van der Waals surface area contributed by atoms with Crippen LogP contribution in [0.15, 0.2) is 57.9 Å². The van der Waals surface area contributed by atoms with Crippen LogP contribution >= 0.6 is 34.4 Å². The van der Waals surface area contributed by atoms with Crippen molar-refractivity contribution in [3.8, 4) is 5.75 Å². The van der Waals surface area contributed by atoms with Crippen molar-refractivity contribution >= 4 is 56.0 Å². The lowest BCUT2D eigenvalue weighted by Gasteiger charge is -2.01. The molecule has 2 aromatic heterocycles. The van der Waals surface area contributed by atoms with Gasteiger partial charge in [0.25, 0.3) is 0 Å². The second-order valence-electron chi connectivity index (χ2n) is 5.21. The first-order valence-electron chi connectivity index (χ1n) is 7.79. The summed E-state index contributed by atoms with van der Waals surface area (Å²) in [7, 11) is 1.65. The van der Waals surface area contributed by atoms with Gasteiger partial charge < -0.3 is 4.74 Å². The van der Waals surface area contributed by atoms with Crippen molar-refractivity contribution in [2.45, 2.75) is 10.1 Å². The Balaban J connectivity index is 1.42. The Labute approximate surface area is 162 Å². The molecule has 0 aliphatic rings. The number of hydrogen-bond donors (Lipinski definition) is 0. The van der Waals surface area contributed by atoms with Gasteiger partial charge in [0, 0.05) is 11.8 Å². The summed E-state index contributed by atoms with van der Waals surface area (Å²) in [5.74, 6) is 1.52. The number of fused-ring (bicyclic) bond motifs is 1. The molecule has 4 aromatic rings. The van der Waals surface area contributed by atoms with E-state index in [-0.39, 0.29) is 0 Å². The monoisotopic (exact) mass is 398 g/mol. The summed E-state index contributed by atoms with van der Waals surface area (Å²) in [6, 6.07) is 15.9. The zero-order chi connectivity index (χ0) is 17.8. The first kappa shape index (κ1) is 17.1. The number of thiazole rings is 1. The number of aliphatic imine (C=N–C) groups is 1. The Hall–Kier alpha value is -2.29. The molecule has 5 nitrogen and oxygen atoms in total. The summed E-state index contributed by atoms with van der Waals surface area (Å²) in [6.45, 7) is 0. The van der Waals surface area contributed by atoms with Gasteiger partial charge in [-0.15, -0.1) is 21.5 Å². The third kappa shape index (κ3) is 3.92. The standard InChI is InChI=1S/C18H14N4OS3/c1-23-14-8-4-2-6-12(14)10-19-17-22-21-16(26-17)11-24-18-20-13-7-3-5-9-15(13)25-18/h2-10H,11H2,1H3/b19-10+. The molecule has 0 aliphatic carbocycles. The third-order valence-corrected chi connectivity index (χ3v) is 6.71. The van der Waals surface area contributed by atoms with Crippen LogP contribution < -0.4 is 4.74 Å². The van der Waals surface area contributed by atoms with Crippen LogP contribution in [0.2, 0.25) is 0 Å². The molecule has 0 radical (unpaired) electrons. The van der Waals surface area contributed by atoms with Crippen LogP contribution in [-0.2, 0) is 5.75 Å². The third-order valence-electron chi connectivity index (χ3n) is 3.50. The fourth-order valence-corrected chi connectivity index (χ4v) is 5.03. The van der Waals surface area contributed by atoms with Gasteiger partial charge in [0.05, 0.1) is 23.1 Å². The van der Waals surface area contributed by atoms with Crippen LogP contribution in [0, 0.1) is 0 Å². The average Bonchev–Trinajstić information content (AvgIpc) is 3.31. The maximum absolute atomic E-state index is 5.32. The Morgan fingerprint density at radius 3 is 2.81 bits per heavy atom. The number of aromatic nitrogens is 3. The van der Waals surface area contributed by atoms with Crippen LogP contribution in [0.5, 0.6) is 5.75 Å². The maximum Gasteiger partial charge on any atom is 0.231 e. The van der Waals surface area contributed by atoms with E-state index in [1.807, 2.05) is 42.5 Å². The van der Waals surface area contributed by atoms with Crippen LogP contribution in [0.25, 0.3) is 10.2 Å². The van der Waals surface area contributed by atoms with Gasteiger partial charge in [0.2, 0.25) is 5.13 Å². The van der Waals surface area contributed by atoms with E-state index in [1.54, 1.807) is 36.4 Å². The molecule has 0 aliphatic heterocycles. The van der Waals surface area contributed by atoms with E-state index in [2.05, 4.69) is 26.2 Å². The molecule has 0 spiro atoms. The highest BCUT2D eigenvalue weighted by atomic mass is 32.2. The number of nitrogens with zero attached hydrogens (tertiary/aromatic N) is 4. The Bertz CT molecular complexity index is 1020. The van der Waals surface area contributed by atoms with Gasteiger partial charge in [-0.25, -0.2) is 9.98 Å². The van der Waals surface area contributed by atoms with Gasteiger partial charge in [-0.2, -0.15) is 0 Å². The topological polar surface area (TPSA) is 60.3 Å². The predicted molar refractivity (Wildman–Crippen MR) is 109 cm³/mol. The molecule has 0 bridgehead atoms. The highest BCUT2D eigenvalue weighted by Gasteiger charge is 2.08. The number of hydrogen-bond acceptors (Lipinski definition) is 8. The molecule has 4 rings (SSSR count). The van der Waals surface area contributed by atoms with Crippen molar-refractivity contribution in [2.75, 3.05) is 7.11 Å². The molecule has 2 heterocycles. The van der Waals surface area contributed by atoms with E-state index in [0.29, 0.717) is 5.13 Å². The predicted octanol–water partition coefficient (Wildman–Crippen LogP) is 5.20. The van der Waals surface area contributed by atoms with Gasteiger partial charge in [0.15, 0.2) is 4.34 Å². The van der Waals surface area contributed by atoms with Crippen molar-refractivity contribution in [3.63, 3.8) is 0 Å². The minimum atomic E-state index is 0.635. The van der Waals surface area contributed by atoms with Crippen molar-refractivity contribution in [1.29, 1.82) is 0 Å². The zero-order valence-electron chi connectivity index (χ0n) is 13.8. The lowest BCUT2D eigenvalue weighted by molar-refractivity contribution is 0.414. The molecule has 0 atom stereocenters. The minimum Gasteiger partial charge on any atom is -0.496 e. The maximum atomic E-state index is 5.32. The van der Waals surface area contributed by atoms with E-state index >= 15 is 0 Å². The quantitative estimate of drug-likeness (QED) is 0.330. The number of ether oxygens (including phenoxy) is 1. The lowest BCUT2D eigenvalue weighted by Crippen LogP contribution is -1.89. The highest BCUT2D eigenvalue weighted by Crippen LogP contribution is 2.32. The van der Waals surface area contributed by atoms with Crippen molar-refractivity contribution in [1.82, 2.24) is 15.2 Å². The molecule has 0 N–H and O–H groups in total. The molecule has 8 heteroatoms. The fraction of sp³-hybridized carbons (Fsp3) is 0.111. The van der Waals surface area contributed by atoms with Crippen LogP contribution in [0.3, 0.4) is 0 Å². The minimum absolute atomic E-state index is 0.635. The van der Waals surface area contributed by atoms with Gasteiger partial charge in [-0.3, -0.25) is 0 Å². The normalized spacial score (nSPS) is 11.4. The SMILES string of the molecule is COc1ccccc1/C=N/c1nnc(CSc2nc3ccccc3s2)s1. The largest absolute Gasteiger partial charge is 0.496 e. The second-order valence-corrected chi connectivity index (χ2v) is 8.51. The van der Waals surface area contributed by atoms with E-state index in [4.69, 9.17) is 4.74 Å². The summed E-state index contributed by atoms with van der Waals surface area (Å²) in [5.41, 5.74) is 1.95. The molecule has 2 aromatic carbocycles. The number of thioether (sulfide) groups is 1. The average molecular weight is 399 g/mol. The smallest absolute Gasteiger partial charge is 0.231 e. The number of methoxy groups -OCH3 is 1. The van der Waals surface area contributed by atoms with Crippen LogP contribution in [0.1, 0.15) is 10.6 Å². The first-order valence-corrected chi connectivity index (χ1v) is 10.4. The molecule has 0 saturated heterocycles. The van der Waals surface area contributed by atoms with E-state index in [1.165, 1.54) is 16.0 Å². The number of benzene rings is 2. The van der Waals surface area contributed by atoms with Crippen molar-refractivity contribution in [2.24, 2.45) is 4.99 Å². The zero-order valence-corrected chi connectivity index (χ0v) is 16.3. The van der Waals surface area contributed by atoms with Gasteiger partial charge in [-0.05, 0) is 24.3 Å². The molecular formula is C18H14N4OS3. The molecule has 130 valence electrons. The molecule has 0 saturated carbocycles. The lowest BCUT2D eigenvalue weighted by atomic mass is 10.2. The van der Waals surface area contributed by atoms with Gasteiger partial charge in [-0.1, -0.05) is 47.4 Å². The van der Waals surface area contributed by atoms with Gasteiger partial charge in [0.1, 0.15) is 10.8 Å². The molecule has 0 unspecified atom stereocenters. The fourth-order valence-electron chi connectivity index (χ4n) is 2.29. The highest BCUT2D eigenvalue weighted by molar-refractivity contribution is 8.00. The van der Waals surface area contributed by atoms with Gasteiger partial charge >= 0.3 is 0 Å². The second kappa shape index (κ2) is 7.94. The number of para-hydroxylation sites is 2. The molecule has 0 amide bonds. The summed E-state index contributed by atoms with van der Waals surface area (Å²) in [6.07, 6.45) is 1.75. The molecule has 0 fully saturated rings. The van der Waals surface area contributed by atoms with Crippen LogP contribution in [-0.4, -0.2) is 28.5 Å².